The van der Waals surface area contributed by atoms with Crippen molar-refractivity contribution in [1.29, 1.82) is 5.26 Å². The van der Waals surface area contributed by atoms with Gasteiger partial charge in [0.05, 0.1) is 6.07 Å². The number of benzene rings is 1. The second-order valence-corrected chi connectivity index (χ2v) is 3.40. The normalized spacial score (nSPS) is 15.9. The Bertz CT molecular complexity index is 350. The van der Waals surface area contributed by atoms with E-state index in [-0.39, 0.29) is 0 Å². The summed E-state index contributed by atoms with van der Waals surface area (Å²) < 4.78 is 0. The summed E-state index contributed by atoms with van der Waals surface area (Å²) in [5, 5.41) is 8.34. The van der Waals surface area contributed by atoms with Crippen LogP contribution in [0.2, 0.25) is 0 Å². The van der Waals surface area contributed by atoms with Crippen LogP contribution in [0.5, 0.6) is 0 Å². The van der Waals surface area contributed by atoms with Gasteiger partial charge in [-0.15, -0.1) is 0 Å². The van der Waals surface area contributed by atoms with Gasteiger partial charge in [-0.25, -0.2) is 0 Å². The molecule has 0 spiro atoms. The van der Waals surface area contributed by atoms with E-state index in [1.807, 2.05) is 12.1 Å². The molecule has 13 heavy (non-hydrogen) atoms. The predicted molar refractivity (Wildman–Crippen MR) is 53.1 cm³/mol. The van der Waals surface area contributed by atoms with Crippen LogP contribution in [0, 0.1) is 11.3 Å². The summed E-state index contributed by atoms with van der Waals surface area (Å²) in [6.45, 7) is 0. The molecule has 2 rings (SSSR count). The van der Waals surface area contributed by atoms with Crippen molar-refractivity contribution < 1.29 is 0 Å². The Morgan fingerprint density at radius 3 is 2.46 bits per heavy atom. The molecule has 1 aromatic carbocycles. The monoisotopic (exact) mass is 169 g/mol. The lowest BCUT2D eigenvalue weighted by Gasteiger charge is -1.97. The second-order valence-electron chi connectivity index (χ2n) is 3.40. The Labute approximate surface area is 78.3 Å². The van der Waals surface area contributed by atoms with E-state index in [9.17, 15) is 0 Å². The summed E-state index contributed by atoms with van der Waals surface area (Å²) in [5.74, 6) is 0.814. The van der Waals surface area contributed by atoms with Crippen LogP contribution in [0.1, 0.15) is 29.9 Å². The zero-order chi connectivity index (χ0) is 9.10. The molecule has 1 saturated carbocycles. The summed E-state index contributed by atoms with van der Waals surface area (Å²) in [5.41, 5.74) is 2.54. The topological polar surface area (TPSA) is 23.8 Å². The predicted octanol–water partition coefficient (Wildman–Crippen LogP) is 3.10. The molecule has 1 heteroatoms. The van der Waals surface area contributed by atoms with Crippen molar-refractivity contribution in [2.75, 3.05) is 0 Å². The highest BCUT2D eigenvalue weighted by Gasteiger charge is 2.22. The molecule has 64 valence electrons. The zero-order valence-corrected chi connectivity index (χ0v) is 7.40. The lowest BCUT2D eigenvalue weighted by Crippen LogP contribution is -1.78. The van der Waals surface area contributed by atoms with Gasteiger partial charge in [-0.3, -0.25) is 0 Å². The largest absolute Gasteiger partial charge is 0.193 e. The SMILES string of the molecule is N#C/C=C/c1ccc(C2CC2)cc1. The highest BCUT2D eigenvalue weighted by molar-refractivity contribution is 5.52. The van der Waals surface area contributed by atoms with Crippen molar-refractivity contribution in [2.45, 2.75) is 18.8 Å². The maximum atomic E-state index is 8.34. The first kappa shape index (κ1) is 8.07. The fourth-order valence-electron chi connectivity index (χ4n) is 1.43. The van der Waals surface area contributed by atoms with Crippen molar-refractivity contribution in [3.8, 4) is 6.07 Å². The van der Waals surface area contributed by atoms with Gasteiger partial charge in [-0.2, -0.15) is 5.26 Å². The van der Waals surface area contributed by atoms with Gasteiger partial charge in [-0.05, 0) is 36.0 Å². The molecule has 0 heterocycles. The zero-order valence-electron chi connectivity index (χ0n) is 7.40. The summed E-state index contributed by atoms with van der Waals surface area (Å²) in [4.78, 5) is 0. The van der Waals surface area contributed by atoms with Gasteiger partial charge in [0.2, 0.25) is 0 Å². The highest BCUT2D eigenvalue weighted by atomic mass is 14.3. The van der Waals surface area contributed by atoms with Crippen molar-refractivity contribution in [1.82, 2.24) is 0 Å². The van der Waals surface area contributed by atoms with Gasteiger partial charge < -0.3 is 0 Å². The van der Waals surface area contributed by atoms with Gasteiger partial charge in [0, 0.05) is 6.08 Å². The quantitative estimate of drug-likeness (QED) is 0.624. The number of allylic oxidation sites excluding steroid dienone is 1. The third-order valence-corrected chi connectivity index (χ3v) is 2.34. The number of rotatable bonds is 2. The summed E-state index contributed by atoms with van der Waals surface area (Å²) in [6.07, 6.45) is 6.02. The first-order valence-corrected chi connectivity index (χ1v) is 4.56. The molecule has 1 aliphatic carbocycles. The minimum atomic E-state index is 0.814. The molecule has 0 aromatic heterocycles. The Kier molecular flexibility index (Phi) is 2.14. The fraction of sp³-hybridized carbons (Fsp3) is 0.250. The molecule has 0 radical (unpaired) electrons. The van der Waals surface area contributed by atoms with E-state index in [1.165, 1.54) is 24.5 Å². The third kappa shape index (κ3) is 1.97. The maximum absolute atomic E-state index is 8.34. The van der Waals surface area contributed by atoms with E-state index in [0.29, 0.717) is 0 Å². The molecule has 0 saturated heterocycles. The average molecular weight is 169 g/mol. The first-order chi connectivity index (χ1) is 6.40. The molecule has 1 fully saturated rings. The van der Waals surface area contributed by atoms with Gasteiger partial charge in [0.15, 0.2) is 0 Å². The first-order valence-electron chi connectivity index (χ1n) is 4.56. The Balaban J connectivity index is 2.14. The van der Waals surface area contributed by atoms with Crippen molar-refractivity contribution in [3.05, 3.63) is 41.5 Å². The van der Waals surface area contributed by atoms with E-state index < -0.39 is 0 Å². The van der Waals surface area contributed by atoms with Gasteiger partial charge >= 0.3 is 0 Å². The molecule has 1 aromatic rings. The molecule has 0 atom stereocenters. The van der Waals surface area contributed by atoms with Crippen LogP contribution in [0.4, 0.5) is 0 Å². The summed E-state index contributed by atoms with van der Waals surface area (Å²) in [6, 6.07) is 10.5. The van der Waals surface area contributed by atoms with Crippen molar-refractivity contribution in [2.24, 2.45) is 0 Å². The Morgan fingerprint density at radius 2 is 1.92 bits per heavy atom. The lowest BCUT2D eigenvalue weighted by molar-refractivity contribution is 1.13. The van der Waals surface area contributed by atoms with Crippen molar-refractivity contribution >= 4 is 6.08 Å². The van der Waals surface area contributed by atoms with Crippen molar-refractivity contribution in [3.63, 3.8) is 0 Å². The lowest BCUT2D eigenvalue weighted by atomic mass is 10.1. The standard InChI is InChI=1S/C12H11N/c13-9-1-2-10-3-5-11(6-4-10)12-7-8-12/h1-6,12H,7-8H2/b2-1+. The van der Waals surface area contributed by atoms with Crippen LogP contribution in [-0.4, -0.2) is 0 Å². The van der Waals surface area contributed by atoms with E-state index in [1.54, 1.807) is 0 Å². The highest BCUT2D eigenvalue weighted by Crippen LogP contribution is 2.39. The molecule has 1 aliphatic rings. The van der Waals surface area contributed by atoms with Crippen LogP contribution in [-0.2, 0) is 0 Å². The van der Waals surface area contributed by atoms with E-state index >= 15 is 0 Å². The van der Waals surface area contributed by atoms with Crippen LogP contribution in [0.15, 0.2) is 30.3 Å². The van der Waals surface area contributed by atoms with Gasteiger partial charge in [0.25, 0.3) is 0 Å². The van der Waals surface area contributed by atoms with Gasteiger partial charge in [-0.1, -0.05) is 24.3 Å². The van der Waals surface area contributed by atoms with E-state index in [0.717, 1.165) is 11.5 Å². The Morgan fingerprint density at radius 1 is 1.23 bits per heavy atom. The van der Waals surface area contributed by atoms with Crippen LogP contribution < -0.4 is 0 Å². The maximum Gasteiger partial charge on any atom is 0.0912 e. The minimum Gasteiger partial charge on any atom is -0.193 e. The smallest absolute Gasteiger partial charge is 0.0912 e. The van der Waals surface area contributed by atoms with Crippen LogP contribution in [0.3, 0.4) is 0 Å². The van der Waals surface area contributed by atoms with Crippen LogP contribution >= 0.6 is 0 Å². The summed E-state index contributed by atoms with van der Waals surface area (Å²) >= 11 is 0. The summed E-state index contributed by atoms with van der Waals surface area (Å²) in [7, 11) is 0. The average Bonchev–Trinajstić information content (AvgIpc) is 2.99. The molecule has 0 amide bonds. The van der Waals surface area contributed by atoms with E-state index in [4.69, 9.17) is 5.26 Å². The van der Waals surface area contributed by atoms with Crippen LogP contribution in [0.25, 0.3) is 6.08 Å². The fourth-order valence-corrected chi connectivity index (χ4v) is 1.43. The molecule has 0 bridgehead atoms. The molecule has 0 unspecified atom stereocenters. The number of nitrogens with zero attached hydrogens (tertiary/aromatic N) is 1. The third-order valence-electron chi connectivity index (χ3n) is 2.34. The number of hydrogen-bond acceptors (Lipinski definition) is 1. The number of nitriles is 1. The minimum absolute atomic E-state index is 0.814. The molecule has 0 aliphatic heterocycles. The van der Waals surface area contributed by atoms with E-state index in [2.05, 4.69) is 24.3 Å². The number of hydrogen-bond donors (Lipinski definition) is 0. The molecule has 0 N–H and O–H groups in total. The van der Waals surface area contributed by atoms with Gasteiger partial charge in [0.1, 0.15) is 0 Å². The molecule has 1 nitrogen and oxygen atoms in total. The molecular weight excluding hydrogens is 158 g/mol. The second kappa shape index (κ2) is 3.45. The Hall–Kier alpha value is -1.55. The molecular formula is C12H11N.